The van der Waals surface area contributed by atoms with Gasteiger partial charge in [0.25, 0.3) is 0 Å². The molecule has 0 fully saturated rings. The van der Waals surface area contributed by atoms with E-state index >= 15 is 0 Å². The molecule has 0 aliphatic rings. The molecule has 0 saturated carbocycles. The quantitative estimate of drug-likeness (QED) is 0.685. The Kier molecular flexibility index (Phi) is 6.07. The number of methoxy groups -OCH3 is 1. The number of amidine groups is 1. The van der Waals surface area contributed by atoms with Crippen LogP contribution in [0.5, 0.6) is 5.75 Å². The predicted molar refractivity (Wildman–Crippen MR) is 85.4 cm³/mol. The number of carbonyl (C=O) groups excluding carboxylic acids is 1. The molecule has 0 radical (unpaired) electrons. The van der Waals surface area contributed by atoms with Crippen molar-refractivity contribution in [2.75, 3.05) is 13.4 Å². The number of aliphatic imine (C=N–C) groups is 1. The van der Waals surface area contributed by atoms with E-state index in [9.17, 15) is 4.79 Å². The van der Waals surface area contributed by atoms with Crippen molar-refractivity contribution < 1.29 is 9.53 Å². The van der Waals surface area contributed by atoms with Gasteiger partial charge in [-0.3, -0.25) is 9.79 Å². The molecular weight excluding hydrogens is 272 g/mol. The number of ether oxygens (including phenoxy) is 1. The average molecular weight is 294 g/mol. The zero-order valence-electron chi connectivity index (χ0n) is 12.7. The van der Waals surface area contributed by atoms with E-state index in [2.05, 4.69) is 10.3 Å². The van der Waals surface area contributed by atoms with Gasteiger partial charge in [-0.15, -0.1) is 0 Å². The summed E-state index contributed by atoms with van der Waals surface area (Å²) in [6.07, 6.45) is 2.34. The molecule has 1 amide bonds. The first-order valence-corrected chi connectivity index (χ1v) is 7.74. The van der Waals surface area contributed by atoms with Gasteiger partial charge >= 0.3 is 0 Å². The van der Waals surface area contributed by atoms with Crippen molar-refractivity contribution in [1.82, 2.24) is 5.32 Å². The fourth-order valence-corrected chi connectivity index (χ4v) is 2.33. The number of rotatable bonds is 4. The second-order valence-corrected chi connectivity index (χ2v) is 5.58. The Balaban J connectivity index is 3.10. The van der Waals surface area contributed by atoms with Crippen LogP contribution < -0.4 is 10.1 Å². The number of carbonyl (C=O) groups is 1. The summed E-state index contributed by atoms with van der Waals surface area (Å²) in [4.78, 5) is 16.2. The lowest BCUT2D eigenvalue weighted by molar-refractivity contribution is -0.119. The number of hydrogen-bond acceptors (Lipinski definition) is 4. The third-order valence-corrected chi connectivity index (χ3v) is 3.49. The summed E-state index contributed by atoms with van der Waals surface area (Å²) in [7, 11) is 1.65. The first-order chi connectivity index (χ1) is 9.44. The minimum Gasteiger partial charge on any atom is -0.496 e. The van der Waals surface area contributed by atoms with Crippen LogP contribution in [0, 0.1) is 0 Å². The van der Waals surface area contributed by atoms with Crippen molar-refractivity contribution in [2.24, 2.45) is 4.99 Å². The van der Waals surface area contributed by atoms with E-state index in [1.54, 1.807) is 7.11 Å². The molecule has 5 heteroatoms. The van der Waals surface area contributed by atoms with E-state index in [0.717, 1.165) is 11.3 Å². The van der Waals surface area contributed by atoms with Gasteiger partial charge in [0.2, 0.25) is 5.91 Å². The Bertz CT molecular complexity index is 498. The summed E-state index contributed by atoms with van der Waals surface area (Å²) in [5, 5.41) is 3.43. The van der Waals surface area contributed by atoms with Crippen LogP contribution in [-0.2, 0) is 10.3 Å². The molecule has 0 bridgehead atoms. The highest BCUT2D eigenvalue weighted by Gasteiger charge is 2.24. The Labute approximate surface area is 125 Å². The normalized spacial score (nSPS) is 12.2. The molecule has 0 atom stereocenters. The topological polar surface area (TPSA) is 50.7 Å². The minimum absolute atomic E-state index is 0.0334. The Morgan fingerprint density at radius 3 is 2.60 bits per heavy atom. The lowest BCUT2D eigenvalue weighted by atomic mass is 9.94. The number of amides is 1. The van der Waals surface area contributed by atoms with Crippen LogP contribution in [0.25, 0.3) is 0 Å². The van der Waals surface area contributed by atoms with Gasteiger partial charge in [-0.1, -0.05) is 36.9 Å². The third kappa shape index (κ3) is 4.27. The van der Waals surface area contributed by atoms with Gasteiger partial charge < -0.3 is 10.1 Å². The molecule has 0 aliphatic heterocycles. The molecule has 0 heterocycles. The molecule has 0 unspecified atom stereocenters. The van der Waals surface area contributed by atoms with Gasteiger partial charge in [0.1, 0.15) is 5.75 Å². The standard InChI is InChI=1S/C15H22N2O2S/c1-6-13(18)16-14(20-5)17-15(2,3)11-9-7-8-10-12(11)19-4/h7-10H,6H2,1-5H3,(H,16,17,18). The first-order valence-electron chi connectivity index (χ1n) is 6.51. The van der Waals surface area contributed by atoms with E-state index < -0.39 is 5.54 Å². The number of thioether (sulfide) groups is 1. The smallest absolute Gasteiger partial charge is 0.225 e. The Morgan fingerprint density at radius 2 is 2.05 bits per heavy atom. The first kappa shape index (κ1) is 16.6. The van der Waals surface area contributed by atoms with Gasteiger partial charge in [0.15, 0.2) is 5.17 Å². The SMILES string of the molecule is CCC(=O)NC(=NC(C)(C)c1ccccc1OC)SC. The maximum absolute atomic E-state index is 11.5. The molecule has 1 aromatic carbocycles. The van der Waals surface area contributed by atoms with Crippen LogP contribution in [0.4, 0.5) is 0 Å². The summed E-state index contributed by atoms with van der Waals surface area (Å²) < 4.78 is 5.39. The van der Waals surface area contributed by atoms with E-state index in [4.69, 9.17) is 4.74 Å². The number of hydrogen-bond donors (Lipinski definition) is 1. The number of para-hydroxylation sites is 1. The Hall–Kier alpha value is -1.49. The summed E-state index contributed by atoms with van der Waals surface area (Å²) in [5.74, 6) is 0.762. The van der Waals surface area contributed by atoms with Crippen molar-refractivity contribution in [3.05, 3.63) is 29.8 Å². The fourth-order valence-electron chi connectivity index (χ4n) is 1.80. The zero-order chi connectivity index (χ0) is 15.2. The van der Waals surface area contributed by atoms with Crippen LogP contribution in [0.1, 0.15) is 32.8 Å². The van der Waals surface area contributed by atoms with Crippen molar-refractivity contribution in [3.63, 3.8) is 0 Å². The monoisotopic (exact) mass is 294 g/mol. The second-order valence-electron chi connectivity index (χ2n) is 4.78. The van der Waals surface area contributed by atoms with Gasteiger partial charge in [0.05, 0.1) is 12.6 Å². The summed E-state index contributed by atoms with van der Waals surface area (Å²) in [5.41, 5.74) is 0.506. The largest absolute Gasteiger partial charge is 0.496 e. The van der Waals surface area contributed by atoms with Crippen molar-refractivity contribution in [2.45, 2.75) is 32.7 Å². The van der Waals surface area contributed by atoms with Gasteiger partial charge in [-0.2, -0.15) is 0 Å². The molecule has 110 valence electrons. The van der Waals surface area contributed by atoms with E-state index in [0.29, 0.717) is 11.6 Å². The Morgan fingerprint density at radius 1 is 1.40 bits per heavy atom. The molecule has 0 saturated heterocycles. The minimum atomic E-state index is -0.480. The number of nitrogens with zero attached hydrogens (tertiary/aromatic N) is 1. The zero-order valence-corrected chi connectivity index (χ0v) is 13.5. The van der Waals surface area contributed by atoms with E-state index in [-0.39, 0.29) is 5.91 Å². The highest BCUT2D eigenvalue weighted by atomic mass is 32.2. The summed E-state index contributed by atoms with van der Waals surface area (Å²) >= 11 is 1.43. The number of benzene rings is 1. The molecular formula is C15H22N2O2S. The lowest BCUT2D eigenvalue weighted by Gasteiger charge is -2.24. The van der Waals surface area contributed by atoms with E-state index in [1.807, 2.05) is 51.3 Å². The predicted octanol–water partition coefficient (Wildman–Crippen LogP) is 3.18. The molecule has 20 heavy (non-hydrogen) atoms. The van der Waals surface area contributed by atoms with Crippen molar-refractivity contribution in [1.29, 1.82) is 0 Å². The average Bonchev–Trinajstić information content (AvgIpc) is 2.45. The maximum Gasteiger partial charge on any atom is 0.225 e. The second kappa shape index (κ2) is 7.33. The third-order valence-electron chi connectivity index (χ3n) is 2.91. The number of nitrogens with one attached hydrogen (secondary N) is 1. The highest BCUT2D eigenvalue weighted by molar-refractivity contribution is 8.13. The molecule has 1 rings (SSSR count). The van der Waals surface area contributed by atoms with Crippen LogP contribution in [-0.4, -0.2) is 24.4 Å². The van der Waals surface area contributed by atoms with Crippen LogP contribution in [0.15, 0.2) is 29.3 Å². The fraction of sp³-hybridized carbons (Fsp3) is 0.467. The van der Waals surface area contributed by atoms with Crippen LogP contribution >= 0.6 is 11.8 Å². The molecule has 0 aromatic heterocycles. The van der Waals surface area contributed by atoms with Gasteiger partial charge in [-0.25, -0.2) is 0 Å². The summed E-state index contributed by atoms with van der Waals surface area (Å²) in [6.45, 7) is 5.82. The maximum atomic E-state index is 11.5. The molecule has 0 aliphatic carbocycles. The van der Waals surface area contributed by atoms with Crippen molar-refractivity contribution >= 4 is 22.8 Å². The highest BCUT2D eigenvalue weighted by Crippen LogP contribution is 2.33. The van der Waals surface area contributed by atoms with Crippen LogP contribution in [0.3, 0.4) is 0 Å². The summed E-state index contributed by atoms with van der Waals surface area (Å²) in [6, 6.07) is 7.78. The molecule has 4 nitrogen and oxygen atoms in total. The molecule has 0 spiro atoms. The van der Waals surface area contributed by atoms with E-state index in [1.165, 1.54) is 11.8 Å². The van der Waals surface area contributed by atoms with Crippen molar-refractivity contribution in [3.8, 4) is 5.75 Å². The molecule has 1 aromatic rings. The lowest BCUT2D eigenvalue weighted by Crippen LogP contribution is -2.30. The van der Waals surface area contributed by atoms with Gasteiger partial charge in [0, 0.05) is 12.0 Å². The van der Waals surface area contributed by atoms with Crippen LogP contribution in [0.2, 0.25) is 0 Å². The van der Waals surface area contributed by atoms with Gasteiger partial charge in [-0.05, 0) is 26.2 Å². The molecule has 1 N–H and O–H groups in total.